The number of phosphoric acid groups is 2. The van der Waals surface area contributed by atoms with Gasteiger partial charge in [0.2, 0.25) is 0 Å². The first kappa shape index (κ1) is 86.1. The zero-order valence-corrected chi connectivity index (χ0v) is 59.1. The number of aliphatic hydroxyl groups is 1. The number of ether oxygens (including phenoxy) is 4. The number of phosphoric ester groups is 2. The van der Waals surface area contributed by atoms with Crippen LogP contribution in [0.1, 0.15) is 338 Å². The molecule has 3 N–H and O–H groups in total. The highest BCUT2D eigenvalue weighted by molar-refractivity contribution is 7.47. The normalized spacial score (nSPS) is 14.6. The van der Waals surface area contributed by atoms with E-state index in [1.165, 1.54) is 128 Å². The smallest absolute Gasteiger partial charge is 0.462 e. The molecule has 19 heteroatoms. The second-order valence-electron chi connectivity index (χ2n) is 26.6. The first-order valence-electron chi connectivity index (χ1n) is 35.7. The summed E-state index contributed by atoms with van der Waals surface area (Å²) in [6.45, 7) is 14.0. The van der Waals surface area contributed by atoms with Crippen molar-refractivity contribution in [3.63, 3.8) is 0 Å². The van der Waals surface area contributed by atoms with Crippen molar-refractivity contribution in [3.8, 4) is 0 Å². The van der Waals surface area contributed by atoms with Crippen molar-refractivity contribution in [2.24, 2.45) is 23.7 Å². The van der Waals surface area contributed by atoms with Gasteiger partial charge in [-0.2, -0.15) is 0 Å². The van der Waals surface area contributed by atoms with Gasteiger partial charge in [-0.3, -0.25) is 37.3 Å². The molecular formula is C69H134O17P2. The minimum Gasteiger partial charge on any atom is -0.462 e. The maximum absolute atomic E-state index is 13.0. The third-order valence-electron chi connectivity index (χ3n) is 16.2. The molecule has 0 aliphatic heterocycles. The summed E-state index contributed by atoms with van der Waals surface area (Å²) in [5.41, 5.74) is 0. The van der Waals surface area contributed by atoms with E-state index in [2.05, 4.69) is 55.4 Å². The molecular weight excluding hydrogens is 1160 g/mol. The molecule has 0 aromatic carbocycles. The molecule has 0 aliphatic rings. The van der Waals surface area contributed by atoms with Gasteiger partial charge in [0, 0.05) is 25.7 Å². The van der Waals surface area contributed by atoms with Gasteiger partial charge in [0.25, 0.3) is 0 Å². The summed E-state index contributed by atoms with van der Waals surface area (Å²) in [6.07, 6.45) is 40.6. The van der Waals surface area contributed by atoms with Gasteiger partial charge in [-0.15, -0.1) is 0 Å². The number of hydrogen-bond donors (Lipinski definition) is 3. The molecule has 0 spiro atoms. The van der Waals surface area contributed by atoms with Crippen molar-refractivity contribution >= 4 is 39.5 Å². The predicted octanol–water partition coefficient (Wildman–Crippen LogP) is 19.3. The molecule has 0 aliphatic carbocycles. The average molecular weight is 1300 g/mol. The lowest BCUT2D eigenvalue weighted by molar-refractivity contribution is -0.161. The van der Waals surface area contributed by atoms with E-state index in [1.54, 1.807) is 0 Å². The van der Waals surface area contributed by atoms with Gasteiger partial charge >= 0.3 is 39.5 Å². The van der Waals surface area contributed by atoms with E-state index in [-0.39, 0.29) is 25.7 Å². The maximum atomic E-state index is 13.0. The number of hydrogen-bond acceptors (Lipinski definition) is 15. The molecule has 0 aromatic heterocycles. The van der Waals surface area contributed by atoms with E-state index in [1.807, 2.05) is 0 Å². The molecule has 0 heterocycles. The van der Waals surface area contributed by atoms with Crippen molar-refractivity contribution in [2.75, 3.05) is 39.6 Å². The summed E-state index contributed by atoms with van der Waals surface area (Å²) in [5, 5.41) is 10.6. The summed E-state index contributed by atoms with van der Waals surface area (Å²) in [6, 6.07) is 0. The van der Waals surface area contributed by atoms with E-state index < -0.39 is 97.5 Å². The fourth-order valence-electron chi connectivity index (χ4n) is 10.3. The summed E-state index contributed by atoms with van der Waals surface area (Å²) in [5.74, 6) is 0.796. The van der Waals surface area contributed by atoms with Gasteiger partial charge in [-0.25, -0.2) is 9.13 Å². The third kappa shape index (κ3) is 61.6. The number of aliphatic hydroxyl groups excluding tert-OH is 1. The maximum Gasteiger partial charge on any atom is 0.472 e. The zero-order chi connectivity index (χ0) is 65.4. The zero-order valence-electron chi connectivity index (χ0n) is 57.3. The topological polar surface area (TPSA) is 237 Å². The van der Waals surface area contributed by atoms with E-state index in [0.29, 0.717) is 31.6 Å². The Labute approximate surface area is 537 Å². The minimum absolute atomic E-state index is 0.103. The van der Waals surface area contributed by atoms with Crippen LogP contribution in [-0.2, 0) is 65.4 Å². The Morgan fingerprint density at radius 1 is 0.318 bits per heavy atom. The Morgan fingerprint density at radius 2 is 0.545 bits per heavy atom. The second kappa shape index (κ2) is 58.8. The predicted molar refractivity (Wildman–Crippen MR) is 354 cm³/mol. The highest BCUT2D eigenvalue weighted by Gasteiger charge is 2.30. The number of esters is 4. The van der Waals surface area contributed by atoms with E-state index in [4.69, 9.17) is 37.0 Å². The molecule has 88 heavy (non-hydrogen) atoms. The fraction of sp³-hybridized carbons (Fsp3) is 0.942. The highest BCUT2D eigenvalue weighted by atomic mass is 31.2. The number of carbonyl (C=O) groups is 4. The first-order valence-corrected chi connectivity index (χ1v) is 38.7. The van der Waals surface area contributed by atoms with Crippen molar-refractivity contribution in [3.05, 3.63) is 0 Å². The SMILES string of the molecule is CCC(C)CCCCCCCCC(=O)OC[C@H](COP(=O)(O)OC[C@H](O)COP(=O)(O)OC[C@@H](COC(=O)CCCCCCCCC(C)C)OC(=O)CCCCCCCCCCC(C)C)OC(=O)CCCCCCCCCCCCCCCCCC(C)C. The molecule has 0 fully saturated rings. The molecule has 17 nitrogen and oxygen atoms in total. The molecule has 522 valence electrons. The lowest BCUT2D eigenvalue weighted by atomic mass is 10.00. The summed E-state index contributed by atoms with van der Waals surface area (Å²) in [7, 11) is -9.90. The van der Waals surface area contributed by atoms with Crippen LogP contribution in [0.5, 0.6) is 0 Å². The summed E-state index contributed by atoms with van der Waals surface area (Å²) < 4.78 is 68.2. The van der Waals surface area contributed by atoms with Crippen molar-refractivity contribution in [2.45, 2.75) is 356 Å². The first-order chi connectivity index (χ1) is 42.1. The Hall–Kier alpha value is -1.94. The van der Waals surface area contributed by atoms with Gasteiger partial charge < -0.3 is 33.8 Å². The van der Waals surface area contributed by atoms with Crippen molar-refractivity contribution in [1.29, 1.82) is 0 Å². The van der Waals surface area contributed by atoms with E-state index in [0.717, 1.165) is 120 Å². The van der Waals surface area contributed by atoms with E-state index in [9.17, 15) is 43.2 Å². The number of rotatable bonds is 66. The molecule has 0 amide bonds. The van der Waals surface area contributed by atoms with Crippen LogP contribution in [-0.4, -0.2) is 96.7 Å². The van der Waals surface area contributed by atoms with Crippen LogP contribution in [0.25, 0.3) is 0 Å². The van der Waals surface area contributed by atoms with Crippen LogP contribution in [0.15, 0.2) is 0 Å². The molecule has 0 radical (unpaired) electrons. The minimum atomic E-state index is -4.95. The number of carbonyl (C=O) groups excluding carboxylic acids is 4. The summed E-state index contributed by atoms with van der Waals surface area (Å²) in [4.78, 5) is 72.4. The van der Waals surface area contributed by atoms with Crippen LogP contribution >= 0.6 is 15.6 Å². The summed E-state index contributed by atoms with van der Waals surface area (Å²) >= 11 is 0. The van der Waals surface area contributed by atoms with Crippen molar-refractivity contribution < 1.29 is 80.2 Å². The Balaban J connectivity index is 5.21. The Kier molecular flexibility index (Phi) is 57.6. The van der Waals surface area contributed by atoms with Crippen LogP contribution in [0.4, 0.5) is 0 Å². The van der Waals surface area contributed by atoms with Crippen LogP contribution in [0.2, 0.25) is 0 Å². The van der Waals surface area contributed by atoms with Gasteiger partial charge in [-0.1, -0.05) is 287 Å². The largest absolute Gasteiger partial charge is 0.472 e. The van der Waals surface area contributed by atoms with Gasteiger partial charge in [0.05, 0.1) is 26.4 Å². The quantitative estimate of drug-likeness (QED) is 0.0222. The van der Waals surface area contributed by atoms with Crippen LogP contribution in [0, 0.1) is 23.7 Å². The highest BCUT2D eigenvalue weighted by Crippen LogP contribution is 2.45. The van der Waals surface area contributed by atoms with Crippen LogP contribution < -0.4 is 0 Å². The van der Waals surface area contributed by atoms with Gasteiger partial charge in [0.1, 0.15) is 19.3 Å². The van der Waals surface area contributed by atoms with Crippen LogP contribution in [0.3, 0.4) is 0 Å². The standard InChI is InChI=1S/C69H134O17P2/c1-9-62(8)48-40-32-26-28-34-42-50-67(72)80-56-65(85-68(73)51-43-35-23-18-16-14-12-10-11-13-15-17-21-29-37-45-59(2)3)58-84-88(77,78)82-54-63(70)53-81-87(75,76)83-57-64(55-79-66(71)49-41-33-27-25-31-39-47-61(6)7)86-69(74)52-44-36-24-20-19-22-30-38-46-60(4)5/h59-65,70H,9-58H2,1-8H3,(H,75,76)(H,77,78)/t62?,63-,64-,65-/m1/s1. The van der Waals surface area contributed by atoms with Gasteiger partial charge in [0.15, 0.2) is 12.2 Å². The molecule has 0 saturated heterocycles. The van der Waals surface area contributed by atoms with E-state index >= 15 is 0 Å². The van der Waals surface area contributed by atoms with Crippen molar-refractivity contribution in [1.82, 2.24) is 0 Å². The Morgan fingerprint density at radius 3 is 0.807 bits per heavy atom. The molecule has 0 aromatic rings. The lowest BCUT2D eigenvalue weighted by Gasteiger charge is -2.21. The lowest BCUT2D eigenvalue weighted by Crippen LogP contribution is -2.30. The second-order valence-corrected chi connectivity index (χ2v) is 29.5. The molecule has 3 unspecified atom stereocenters. The average Bonchev–Trinajstić information content (AvgIpc) is 3.36. The van der Waals surface area contributed by atoms with Gasteiger partial charge in [-0.05, 0) is 49.4 Å². The number of unbranched alkanes of at least 4 members (excludes halogenated alkanes) is 31. The third-order valence-corrected chi connectivity index (χ3v) is 18.1. The monoisotopic (exact) mass is 1300 g/mol. The molecule has 6 atom stereocenters. The fourth-order valence-corrected chi connectivity index (χ4v) is 11.9. The molecule has 0 bridgehead atoms. The molecule has 0 saturated carbocycles. The molecule has 0 rings (SSSR count). The Bertz CT molecular complexity index is 1750.